The Morgan fingerprint density at radius 2 is 2.08 bits per heavy atom. The summed E-state index contributed by atoms with van der Waals surface area (Å²) in [6.45, 7) is 2.93. The van der Waals surface area contributed by atoms with E-state index in [1.165, 1.54) is 20.2 Å². The molecule has 9 heteroatoms. The van der Waals surface area contributed by atoms with Gasteiger partial charge in [-0.2, -0.15) is 5.10 Å². The van der Waals surface area contributed by atoms with Gasteiger partial charge in [-0.25, -0.2) is 9.50 Å². The van der Waals surface area contributed by atoms with Gasteiger partial charge in [0.2, 0.25) is 0 Å². The number of nitrogen functional groups attached to an aromatic ring is 1. The molecule has 24 heavy (non-hydrogen) atoms. The van der Waals surface area contributed by atoms with E-state index in [0.717, 1.165) is 24.1 Å². The van der Waals surface area contributed by atoms with E-state index in [2.05, 4.69) is 10.1 Å². The molecule has 7 N–H and O–H groups in total. The third-order valence-corrected chi connectivity index (χ3v) is 3.74. The van der Waals surface area contributed by atoms with Crippen molar-refractivity contribution in [3.63, 3.8) is 0 Å². The van der Waals surface area contributed by atoms with Gasteiger partial charge in [0.25, 0.3) is 0 Å². The molecular formula is C15H25N5O4. The predicted molar refractivity (Wildman–Crippen MR) is 87.8 cm³/mol. The average molecular weight is 339 g/mol. The van der Waals surface area contributed by atoms with Crippen LogP contribution in [0.5, 0.6) is 0 Å². The molecule has 9 nitrogen and oxygen atoms in total. The number of hydrogen-bond acceptors (Lipinski definition) is 8. The number of fused-ring (bicyclic) bond motifs is 1. The number of nitrogens with two attached hydrogens (primary N) is 2. The summed E-state index contributed by atoms with van der Waals surface area (Å²) in [4.78, 5) is 3.96. The number of hydrogen-bond donors (Lipinski definition) is 5. The molecule has 1 aliphatic heterocycles. The van der Waals surface area contributed by atoms with E-state index in [1.807, 2.05) is 12.1 Å². The topological polar surface area (TPSA) is 152 Å². The number of rotatable bonds is 3. The molecule has 134 valence electrons. The van der Waals surface area contributed by atoms with Crippen LogP contribution < -0.4 is 11.5 Å². The molecule has 3 rings (SSSR count). The Hall–Kier alpha value is -1.78. The van der Waals surface area contributed by atoms with Crippen molar-refractivity contribution in [3.05, 3.63) is 24.2 Å². The standard InChI is InChI=1S/C12H17N5O2.C3H8O2/c13-6-12(4-3-8(5-18)19-12)10-2-1-9-11(14)15-7-16-17(9)10;1-3(2,4)5/h1-2,7-8,18H,3-6,13H2,(H2,14,15,16);4-5H,1-2H3. The fourth-order valence-corrected chi connectivity index (χ4v) is 2.70. The molecule has 0 spiro atoms. The summed E-state index contributed by atoms with van der Waals surface area (Å²) < 4.78 is 7.66. The smallest absolute Gasteiger partial charge is 0.156 e. The Balaban J connectivity index is 0.000000368. The van der Waals surface area contributed by atoms with Crippen LogP contribution in [0, 0.1) is 0 Å². The van der Waals surface area contributed by atoms with E-state index < -0.39 is 11.4 Å². The summed E-state index contributed by atoms with van der Waals surface area (Å²) >= 11 is 0. The van der Waals surface area contributed by atoms with Gasteiger partial charge in [-0.15, -0.1) is 0 Å². The highest BCUT2D eigenvalue weighted by Crippen LogP contribution is 2.39. The summed E-state index contributed by atoms with van der Waals surface area (Å²) in [6, 6.07) is 3.77. The second-order valence-corrected chi connectivity index (χ2v) is 6.31. The maximum atomic E-state index is 9.23. The van der Waals surface area contributed by atoms with E-state index in [9.17, 15) is 5.11 Å². The average Bonchev–Trinajstić information content (AvgIpc) is 3.10. The van der Waals surface area contributed by atoms with Crippen LogP contribution in [0.4, 0.5) is 5.82 Å². The zero-order valence-corrected chi connectivity index (χ0v) is 13.9. The lowest BCUT2D eigenvalue weighted by Crippen LogP contribution is -2.37. The van der Waals surface area contributed by atoms with Crippen LogP contribution in [0.1, 0.15) is 32.4 Å². The molecule has 2 atom stereocenters. The van der Waals surface area contributed by atoms with Gasteiger partial charge in [0, 0.05) is 6.54 Å². The first-order valence-corrected chi connectivity index (χ1v) is 7.72. The third kappa shape index (κ3) is 4.00. The van der Waals surface area contributed by atoms with Crippen molar-refractivity contribution in [1.29, 1.82) is 0 Å². The van der Waals surface area contributed by atoms with Gasteiger partial charge in [0.05, 0.1) is 18.4 Å². The maximum absolute atomic E-state index is 9.23. The fraction of sp³-hybridized carbons (Fsp3) is 0.600. The molecule has 0 aromatic carbocycles. The summed E-state index contributed by atoms with van der Waals surface area (Å²) in [5.74, 6) is -1.08. The molecule has 0 aliphatic carbocycles. The molecular weight excluding hydrogens is 314 g/mol. The van der Waals surface area contributed by atoms with Crippen LogP contribution >= 0.6 is 0 Å². The van der Waals surface area contributed by atoms with E-state index in [0.29, 0.717) is 12.4 Å². The quantitative estimate of drug-likeness (QED) is 0.462. The highest BCUT2D eigenvalue weighted by Gasteiger charge is 2.42. The number of ether oxygens (including phenoxy) is 1. The van der Waals surface area contributed by atoms with Gasteiger partial charge >= 0.3 is 0 Å². The number of aliphatic hydroxyl groups is 3. The van der Waals surface area contributed by atoms with Gasteiger partial charge < -0.3 is 31.5 Å². The molecule has 0 radical (unpaired) electrons. The molecule has 3 heterocycles. The zero-order valence-electron chi connectivity index (χ0n) is 13.9. The SMILES string of the molecule is CC(C)(O)O.NCC1(c2ccc3c(N)ncnn23)CCC(CO)O1. The Labute approximate surface area is 139 Å². The molecule has 1 saturated heterocycles. The molecule has 0 bridgehead atoms. The van der Waals surface area contributed by atoms with Crippen LogP contribution in [0.15, 0.2) is 18.5 Å². The van der Waals surface area contributed by atoms with E-state index in [4.69, 9.17) is 26.4 Å². The normalized spacial score (nSPS) is 24.0. The Kier molecular flexibility index (Phi) is 5.41. The van der Waals surface area contributed by atoms with E-state index in [1.54, 1.807) is 4.52 Å². The van der Waals surface area contributed by atoms with Crippen LogP contribution in [0.3, 0.4) is 0 Å². The number of nitrogens with zero attached hydrogens (tertiary/aromatic N) is 3. The van der Waals surface area contributed by atoms with Crippen LogP contribution in [0.2, 0.25) is 0 Å². The van der Waals surface area contributed by atoms with Crippen molar-refractivity contribution in [1.82, 2.24) is 14.6 Å². The summed E-state index contributed by atoms with van der Waals surface area (Å²) in [5.41, 5.74) is 12.7. The third-order valence-electron chi connectivity index (χ3n) is 3.74. The summed E-state index contributed by atoms with van der Waals surface area (Å²) in [6.07, 6.45) is 2.77. The summed E-state index contributed by atoms with van der Waals surface area (Å²) in [5, 5.41) is 29.6. The van der Waals surface area contributed by atoms with Gasteiger partial charge in [-0.3, -0.25) is 0 Å². The lowest BCUT2D eigenvalue weighted by atomic mass is 9.96. The van der Waals surface area contributed by atoms with Crippen molar-refractivity contribution in [3.8, 4) is 0 Å². The Morgan fingerprint density at radius 1 is 1.42 bits per heavy atom. The van der Waals surface area contributed by atoms with Gasteiger partial charge in [-0.1, -0.05) is 0 Å². The summed E-state index contributed by atoms with van der Waals surface area (Å²) in [7, 11) is 0. The number of aromatic nitrogens is 3. The molecule has 2 aromatic heterocycles. The first kappa shape index (κ1) is 18.6. The Bertz CT molecular complexity index is 678. The molecule has 0 saturated carbocycles. The minimum atomic E-state index is -1.50. The van der Waals surface area contributed by atoms with Crippen LogP contribution in [-0.4, -0.2) is 55.0 Å². The predicted octanol–water partition coefficient (Wildman–Crippen LogP) is -0.656. The van der Waals surface area contributed by atoms with Crippen molar-refractivity contribution in [2.75, 3.05) is 18.9 Å². The van der Waals surface area contributed by atoms with Crippen molar-refractivity contribution in [2.24, 2.45) is 5.73 Å². The van der Waals surface area contributed by atoms with E-state index >= 15 is 0 Å². The number of anilines is 1. The van der Waals surface area contributed by atoms with Crippen molar-refractivity contribution in [2.45, 2.75) is 44.2 Å². The zero-order chi connectivity index (χ0) is 18.0. The largest absolute Gasteiger partial charge is 0.394 e. The lowest BCUT2D eigenvalue weighted by Gasteiger charge is -2.27. The molecule has 1 fully saturated rings. The minimum Gasteiger partial charge on any atom is -0.394 e. The highest BCUT2D eigenvalue weighted by molar-refractivity contribution is 5.65. The molecule has 0 amide bonds. The molecule has 2 unspecified atom stereocenters. The number of aliphatic hydroxyl groups excluding tert-OH is 1. The van der Waals surface area contributed by atoms with Gasteiger partial charge in [-0.05, 0) is 38.8 Å². The second-order valence-electron chi connectivity index (χ2n) is 6.31. The second kappa shape index (κ2) is 6.99. The van der Waals surface area contributed by atoms with Gasteiger partial charge in [0.15, 0.2) is 11.6 Å². The van der Waals surface area contributed by atoms with Crippen LogP contribution in [-0.2, 0) is 10.3 Å². The van der Waals surface area contributed by atoms with Crippen LogP contribution in [0.25, 0.3) is 5.52 Å². The van der Waals surface area contributed by atoms with Crippen molar-refractivity contribution < 1.29 is 20.1 Å². The monoisotopic (exact) mass is 339 g/mol. The first-order chi connectivity index (χ1) is 11.2. The maximum Gasteiger partial charge on any atom is 0.156 e. The fourth-order valence-electron chi connectivity index (χ4n) is 2.70. The molecule has 1 aliphatic rings. The minimum absolute atomic E-state index is 0.00216. The lowest BCUT2D eigenvalue weighted by molar-refractivity contribution is -0.127. The Morgan fingerprint density at radius 3 is 2.62 bits per heavy atom. The highest BCUT2D eigenvalue weighted by atomic mass is 16.5. The first-order valence-electron chi connectivity index (χ1n) is 7.72. The van der Waals surface area contributed by atoms with Gasteiger partial charge in [0.1, 0.15) is 17.4 Å². The molecule has 2 aromatic rings. The van der Waals surface area contributed by atoms with Crippen molar-refractivity contribution >= 4 is 11.3 Å². The van der Waals surface area contributed by atoms with E-state index in [-0.39, 0.29) is 12.7 Å².